The lowest BCUT2D eigenvalue weighted by atomic mass is 10.2. The predicted octanol–water partition coefficient (Wildman–Crippen LogP) is 7.69. The van der Waals surface area contributed by atoms with E-state index in [1.807, 2.05) is 6.07 Å². The van der Waals surface area contributed by atoms with Crippen LogP contribution in [0.3, 0.4) is 0 Å². The maximum atomic E-state index is 13.2. The van der Waals surface area contributed by atoms with Crippen LogP contribution in [0.15, 0.2) is 78.9 Å². The van der Waals surface area contributed by atoms with Crippen molar-refractivity contribution in [2.75, 3.05) is 0 Å². The summed E-state index contributed by atoms with van der Waals surface area (Å²) < 4.78 is 45.8. The van der Waals surface area contributed by atoms with Crippen LogP contribution in [-0.2, 0) is 12.7 Å². The highest BCUT2D eigenvalue weighted by Crippen LogP contribution is 2.38. The molecule has 182 valence electrons. The molecule has 0 saturated heterocycles. The summed E-state index contributed by atoms with van der Waals surface area (Å²) in [5, 5.41) is 2.87. The zero-order valence-electron chi connectivity index (χ0n) is 18.4. The summed E-state index contributed by atoms with van der Waals surface area (Å²) in [6, 6.07) is 20.4. The predicted molar refractivity (Wildman–Crippen MR) is 134 cm³/mol. The van der Waals surface area contributed by atoms with E-state index in [0.29, 0.717) is 38.9 Å². The lowest BCUT2D eigenvalue weighted by Gasteiger charge is -2.13. The Bertz CT molecular complexity index is 1540. The van der Waals surface area contributed by atoms with Crippen molar-refractivity contribution in [2.45, 2.75) is 12.7 Å². The van der Waals surface area contributed by atoms with Gasteiger partial charge in [0, 0.05) is 16.0 Å². The number of benzene rings is 3. The second-order valence-corrected chi connectivity index (χ2v) is 9.63. The monoisotopic (exact) mass is 527 g/mol. The zero-order valence-corrected chi connectivity index (χ0v) is 20.0. The topological polar surface area (TPSA) is 67.0 Å². The molecule has 3 aromatic carbocycles. The molecule has 0 spiro atoms. The molecule has 2 heterocycles. The Morgan fingerprint density at radius 1 is 1.03 bits per heavy atom. The van der Waals surface area contributed by atoms with E-state index in [9.17, 15) is 18.0 Å². The van der Waals surface area contributed by atoms with Crippen molar-refractivity contribution < 1.29 is 22.7 Å². The van der Waals surface area contributed by atoms with Crippen LogP contribution in [-0.4, -0.2) is 15.9 Å². The average molecular weight is 528 g/mol. The number of carbonyl (C=O) groups excluding carboxylic acids is 1. The van der Waals surface area contributed by atoms with Crippen LogP contribution in [0.25, 0.3) is 22.4 Å². The number of alkyl halides is 3. The number of H-pyrrole nitrogens is 1. The number of hydrogen-bond acceptors (Lipinski definition) is 4. The summed E-state index contributed by atoms with van der Waals surface area (Å²) in [7, 11) is 0. The Kier molecular flexibility index (Phi) is 6.42. The maximum Gasteiger partial charge on any atom is 0.419 e. The molecule has 1 amide bonds. The zero-order chi connectivity index (χ0) is 25.3. The van der Waals surface area contributed by atoms with Crippen molar-refractivity contribution in [3.05, 3.63) is 99.2 Å². The number of carbonyl (C=O) groups is 1. The van der Waals surface area contributed by atoms with Crippen molar-refractivity contribution in [3.63, 3.8) is 0 Å². The summed E-state index contributed by atoms with van der Waals surface area (Å²) in [5.74, 6) is 0.322. The number of ether oxygens (including phenoxy) is 1. The lowest BCUT2D eigenvalue weighted by Crippen LogP contribution is -2.22. The van der Waals surface area contributed by atoms with Gasteiger partial charge in [0.15, 0.2) is 0 Å². The van der Waals surface area contributed by atoms with Crippen molar-refractivity contribution in [3.8, 4) is 22.9 Å². The number of aromatic amines is 1. The molecule has 0 radical (unpaired) electrons. The highest BCUT2D eigenvalue weighted by Gasteiger charge is 2.34. The largest absolute Gasteiger partial charge is 0.457 e. The summed E-state index contributed by atoms with van der Waals surface area (Å²) in [6.45, 7) is 0.379. The number of nitrogens with one attached hydrogen (secondary N) is 2. The summed E-state index contributed by atoms with van der Waals surface area (Å²) in [4.78, 5) is 21.2. The second kappa shape index (κ2) is 9.67. The van der Waals surface area contributed by atoms with Gasteiger partial charge in [-0.2, -0.15) is 13.2 Å². The number of para-hydroxylation sites is 1. The van der Waals surface area contributed by atoms with Gasteiger partial charge in [0.05, 0.1) is 27.5 Å². The molecule has 0 unspecified atom stereocenters. The molecule has 0 atom stereocenters. The molecule has 0 aliphatic heterocycles. The molecular formula is C26H17ClF3N3O2S. The van der Waals surface area contributed by atoms with Crippen LogP contribution in [0.1, 0.15) is 20.8 Å². The first kappa shape index (κ1) is 23.9. The number of halogens is 4. The third-order valence-electron chi connectivity index (χ3n) is 5.34. The molecule has 5 aromatic rings. The first-order chi connectivity index (χ1) is 17.3. The normalized spacial score (nSPS) is 11.6. The van der Waals surface area contributed by atoms with E-state index < -0.39 is 11.7 Å². The third-order valence-corrected chi connectivity index (χ3v) is 6.58. The molecule has 0 fully saturated rings. The Hall–Kier alpha value is -3.82. The minimum atomic E-state index is -4.52. The van der Waals surface area contributed by atoms with Gasteiger partial charge >= 0.3 is 6.18 Å². The van der Waals surface area contributed by atoms with Gasteiger partial charge in [-0.05, 0) is 66.7 Å². The molecule has 2 aromatic heterocycles. The van der Waals surface area contributed by atoms with Crippen LogP contribution in [0.4, 0.5) is 13.2 Å². The first-order valence-electron chi connectivity index (χ1n) is 10.7. The van der Waals surface area contributed by atoms with E-state index in [2.05, 4.69) is 15.3 Å². The number of fused-ring (bicyclic) bond motifs is 1. The van der Waals surface area contributed by atoms with Crippen molar-refractivity contribution in [2.24, 2.45) is 0 Å². The molecule has 0 aliphatic rings. The molecular weight excluding hydrogens is 511 g/mol. The van der Waals surface area contributed by atoms with Gasteiger partial charge in [0.25, 0.3) is 5.91 Å². The Balaban J connectivity index is 1.31. The smallest absolute Gasteiger partial charge is 0.419 e. The third kappa shape index (κ3) is 5.22. The van der Waals surface area contributed by atoms with Crippen molar-refractivity contribution in [1.29, 1.82) is 0 Å². The molecule has 10 heteroatoms. The van der Waals surface area contributed by atoms with Gasteiger partial charge in [-0.3, -0.25) is 4.79 Å². The molecule has 0 aliphatic carbocycles. The Labute approximate surface area is 212 Å². The summed E-state index contributed by atoms with van der Waals surface area (Å²) in [5.41, 5.74) is 1.70. The molecule has 0 bridgehead atoms. The summed E-state index contributed by atoms with van der Waals surface area (Å²) in [6.07, 6.45) is -4.52. The van der Waals surface area contributed by atoms with Crippen LogP contribution in [0.5, 0.6) is 11.5 Å². The second-order valence-electron chi connectivity index (χ2n) is 7.83. The quantitative estimate of drug-likeness (QED) is 0.238. The van der Waals surface area contributed by atoms with Gasteiger partial charge in [0.1, 0.15) is 17.3 Å². The van der Waals surface area contributed by atoms with E-state index in [4.69, 9.17) is 16.3 Å². The minimum absolute atomic E-state index is 0.224. The number of thiophene rings is 1. The number of aromatic nitrogens is 2. The number of nitrogens with zero attached hydrogens (tertiary/aromatic N) is 1. The van der Waals surface area contributed by atoms with Crippen LogP contribution in [0.2, 0.25) is 4.34 Å². The van der Waals surface area contributed by atoms with Crippen LogP contribution < -0.4 is 10.1 Å². The molecule has 36 heavy (non-hydrogen) atoms. The van der Waals surface area contributed by atoms with Gasteiger partial charge < -0.3 is 15.0 Å². The average Bonchev–Trinajstić information content (AvgIpc) is 3.48. The van der Waals surface area contributed by atoms with E-state index in [0.717, 1.165) is 10.9 Å². The number of imidazole rings is 1. The van der Waals surface area contributed by atoms with Crippen molar-refractivity contribution >= 4 is 39.9 Å². The number of rotatable bonds is 6. The minimum Gasteiger partial charge on any atom is -0.457 e. The van der Waals surface area contributed by atoms with Crippen LogP contribution >= 0.6 is 22.9 Å². The SMILES string of the molecule is O=C(NCc1ccc(Cl)s1)c1ccc2nc(-c3ccc(Oc4ccccc4C(F)(F)F)cc3)[nH]c2c1. The molecule has 5 rings (SSSR count). The number of amides is 1. The molecule has 2 N–H and O–H groups in total. The standard InChI is InChI=1S/C26H17ClF3N3O2S/c27-23-12-10-18(36-23)14-31-25(34)16-7-11-20-21(13-16)33-24(32-20)15-5-8-17(9-6-15)35-22-4-2-1-3-19(22)26(28,29)30/h1-13H,14H2,(H,31,34)(H,32,33). The van der Waals surface area contributed by atoms with Gasteiger partial charge in [0.2, 0.25) is 0 Å². The van der Waals surface area contributed by atoms with Crippen molar-refractivity contribution in [1.82, 2.24) is 15.3 Å². The fourth-order valence-electron chi connectivity index (χ4n) is 3.60. The number of hydrogen-bond donors (Lipinski definition) is 2. The lowest BCUT2D eigenvalue weighted by molar-refractivity contribution is -0.138. The summed E-state index contributed by atoms with van der Waals surface area (Å²) >= 11 is 7.33. The fourth-order valence-corrected chi connectivity index (χ4v) is 4.63. The van der Waals surface area contributed by atoms with Crippen LogP contribution in [0, 0.1) is 0 Å². The maximum absolute atomic E-state index is 13.2. The molecule has 0 saturated carbocycles. The van der Waals surface area contributed by atoms with E-state index >= 15 is 0 Å². The first-order valence-corrected chi connectivity index (χ1v) is 11.9. The Morgan fingerprint density at radius 2 is 1.81 bits per heavy atom. The Morgan fingerprint density at radius 3 is 2.53 bits per heavy atom. The van der Waals surface area contributed by atoms with Gasteiger partial charge in [-0.1, -0.05) is 23.7 Å². The van der Waals surface area contributed by atoms with Gasteiger partial charge in [-0.15, -0.1) is 11.3 Å². The fraction of sp³-hybridized carbons (Fsp3) is 0.0769. The van der Waals surface area contributed by atoms with E-state index in [-0.39, 0.29) is 17.4 Å². The van der Waals surface area contributed by atoms with E-state index in [1.165, 1.54) is 29.5 Å². The molecule has 5 nitrogen and oxygen atoms in total. The van der Waals surface area contributed by atoms with E-state index in [1.54, 1.807) is 48.5 Å². The van der Waals surface area contributed by atoms with Gasteiger partial charge in [-0.25, -0.2) is 4.98 Å². The highest BCUT2D eigenvalue weighted by molar-refractivity contribution is 7.16. The highest BCUT2D eigenvalue weighted by atomic mass is 35.5.